The molecule has 0 aliphatic heterocycles. The molecule has 98 valence electrons. The van der Waals surface area contributed by atoms with Gasteiger partial charge in [0.25, 0.3) is 0 Å². The molecule has 0 aliphatic rings. The topological polar surface area (TPSA) is 49.9 Å². The van der Waals surface area contributed by atoms with Crippen LogP contribution in [0.3, 0.4) is 0 Å². The normalized spacial score (nSPS) is 12.1. The molecular weight excluding hydrogens is 259 g/mol. The zero-order valence-corrected chi connectivity index (χ0v) is 11.2. The third kappa shape index (κ3) is 4.10. The number of hydrogen-bond donors (Lipinski definition) is 2. The molecule has 3 N–H and O–H groups in total. The van der Waals surface area contributed by atoms with E-state index in [1.54, 1.807) is 6.07 Å². The van der Waals surface area contributed by atoms with Crippen LogP contribution in [0.4, 0.5) is 4.39 Å². The lowest BCUT2D eigenvalue weighted by atomic mass is 10.1. The average molecular weight is 274 g/mol. The number of nitrogens with two attached hydrogens (primary N) is 1. The maximum Gasteiger partial charge on any atom is 0.124 e. The molecule has 0 heterocycles. The minimum atomic E-state index is -0.250. The number of amidine groups is 1. The molecule has 0 aromatic heterocycles. The first-order chi connectivity index (χ1) is 9.15. The zero-order chi connectivity index (χ0) is 13.7. The molecule has 0 bridgehead atoms. The summed E-state index contributed by atoms with van der Waals surface area (Å²) < 4.78 is 13.2. The SMILES string of the molecule is N=C(N)CC(Sc1cccc(F)c1)c1ccccc1. The maximum atomic E-state index is 13.2. The number of hydrogen-bond acceptors (Lipinski definition) is 2. The minimum Gasteiger partial charge on any atom is -0.388 e. The maximum absolute atomic E-state index is 13.2. The van der Waals surface area contributed by atoms with Crippen molar-refractivity contribution in [1.29, 1.82) is 5.41 Å². The third-order valence-corrected chi connectivity index (χ3v) is 3.90. The first kappa shape index (κ1) is 13.6. The molecule has 2 rings (SSSR count). The van der Waals surface area contributed by atoms with Crippen molar-refractivity contribution in [2.24, 2.45) is 5.73 Å². The standard InChI is InChI=1S/C15H15FN2S/c16-12-7-4-8-13(9-12)19-14(10-15(17)18)11-5-2-1-3-6-11/h1-9,14H,10H2,(H3,17,18). The molecular formula is C15H15FN2S. The number of halogens is 1. The molecule has 0 aliphatic carbocycles. The molecule has 0 fully saturated rings. The van der Waals surface area contributed by atoms with Gasteiger partial charge in [-0.3, -0.25) is 5.41 Å². The van der Waals surface area contributed by atoms with Gasteiger partial charge >= 0.3 is 0 Å². The number of rotatable bonds is 5. The van der Waals surface area contributed by atoms with Crippen LogP contribution < -0.4 is 5.73 Å². The number of thioether (sulfide) groups is 1. The molecule has 0 spiro atoms. The van der Waals surface area contributed by atoms with Crippen molar-refractivity contribution >= 4 is 17.6 Å². The van der Waals surface area contributed by atoms with Crippen molar-refractivity contribution in [1.82, 2.24) is 0 Å². The predicted octanol–water partition coefficient (Wildman–Crippen LogP) is 3.99. The highest BCUT2D eigenvalue weighted by molar-refractivity contribution is 7.99. The summed E-state index contributed by atoms with van der Waals surface area (Å²) in [5, 5.41) is 7.50. The van der Waals surface area contributed by atoms with Crippen molar-refractivity contribution in [2.75, 3.05) is 0 Å². The molecule has 2 nitrogen and oxygen atoms in total. The van der Waals surface area contributed by atoms with E-state index in [-0.39, 0.29) is 16.9 Å². The van der Waals surface area contributed by atoms with Crippen molar-refractivity contribution in [3.63, 3.8) is 0 Å². The second-order valence-electron chi connectivity index (χ2n) is 4.20. The molecule has 0 saturated carbocycles. The van der Waals surface area contributed by atoms with E-state index in [2.05, 4.69) is 0 Å². The van der Waals surface area contributed by atoms with Crippen LogP contribution in [-0.4, -0.2) is 5.84 Å². The number of benzene rings is 2. The van der Waals surface area contributed by atoms with Crippen molar-refractivity contribution in [2.45, 2.75) is 16.6 Å². The summed E-state index contributed by atoms with van der Waals surface area (Å²) in [4.78, 5) is 0.843. The highest BCUT2D eigenvalue weighted by Crippen LogP contribution is 2.37. The second kappa shape index (κ2) is 6.38. The van der Waals surface area contributed by atoms with E-state index in [1.165, 1.54) is 23.9 Å². The van der Waals surface area contributed by atoms with Gasteiger partial charge in [0, 0.05) is 16.6 Å². The first-order valence-corrected chi connectivity index (χ1v) is 6.83. The summed E-state index contributed by atoms with van der Waals surface area (Å²) in [6.45, 7) is 0. The van der Waals surface area contributed by atoms with Crippen LogP contribution in [0.15, 0.2) is 59.5 Å². The van der Waals surface area contributed by atoms with Crippen LogP contribution in [0, 0.1) is 11.2 Å². The zero-order valence-electron chi connectivity index (χ0n) is 10.3. The summed E-state index contributed by atoms with van der Waals surface area (Å²) in [7, 11) is 0. The fourth-order valence-electron chi connectivity index (χ4n) is 1.80. The summed E-state index contributed by atoms with van der Waals surface area (Å²) in [5.74, 6) is -0.114. The molecule has 0 amide bonds. The molecule has 0 saturated heterocycles. The van der Waals surface area contributed by atoms with Crippen LogP contribution in [-0.2, 0) is 0 Å². The largest absolute Gasteiger partial charge is 0.388 e. The van der Waals surface area contributed by atoms with E-state index in [9.17, 15) is 4.39 Å². The molecule has 19 heavy (non-hydrogen) atoms. The smallest absolute Gasteiger partial charge is 0.124 e. The minimum absolute atomic E-state index is 0.0282. The Morgan fingerprint density at radius 1 is 1.16 bits per heavy atom. The van der Waals surface area contributed by atoms with E-state index in [4.69, 9.17) is 11.1 Å². The van der Waals surface area contributed by atoms with E-state index < -0.39 is 0 Å². The highest BCUT2D eigenvalue weighted by Gasteiger charge is 2.14. The van der Waals surface area contributed by atoms with Crippen molar-refractivity contribution in [3.8, 4) is 0 Å². The lowest BCUT2D eigenvalue weighted by Crippen LogP contribution is -2.13. The van der Waals surface area contributed by atoms with Gasteiger partial charge in [0.15, 0.2) is 0 Å². The Labute approximate surface area is 116 Å². The lowest BCUT2D eigenvalue weighted by Gasteiger charge is -2.16. The molecule has 2 aromatic carbocycles. The molecule has 1 atom stereocenters. The monoisotopic (exact) mass is 274 g/mol. The van der Waals surface area contributed by atoms with Gasteiger partial charge in [-0.05, 0) is 23.8 Å². The molecule has 2 aromatic rings. The quantitative estimate of drug-likeness (QED) is 0.492. The van der Waals surface area contributed by atoms with Gasteiger partial charge in [-0.25, -0.2) is 4.39 Å². The first-order valence-electron chi connectivity index (χ1n) is 5.95. The Morgan fingerprint density at radius 3 is 2.53 bits per heavy atom. The molecule has 0 radical (unpaired) electrons. The molecule has 1 unspecified atom stereocenters. The summed E-state index contributed by atoms with van der Waals surface area (Å²) >= 11 is 1.52. The van der Waals surface area contributed by atoms with Gasteiger partial charge in [-0.2, -0.15) is 0 Å². The van der Waals surface area contributed by atoms with E-state index >= 15 is 0 Å². The Balaban J connectivity index is 2.21. The van der Waals surface area contributed by atoms with Gasteiger partial charge in [0.1, 0.15) is 5.82 Å². The Morgan fingerprint density at radius 2 is 1.89 bits per heavy atom. The van der Waals surface area contributed by atoms with Crippen LogP contribution in [0.5, 0.6) is 0 Å². The molecule has 4 heteroatoms. The Kier molecular flexibility index (Phi) is 4.58. The van der Waals surface area contributed by atoms with E-state index in [0.717, 1.165) is 10.5 Å². The van der Waals surface area contributed by atoms with Gasteiger partial charge in [0.05, 0.1) is 5.84 Å². The van der Waals surface area contributed by atoms with Crippen molar-refractivity contribution < 1.29 is 4.39 Å². The third-order valence-electron chi connectivity index (χ3n) is 2.65. The number of nitrogens with one attached hydrogen (secondary N) is 1. The fraction of sp³-hybridized carbons (Fsp3) is 0.133. The van der Waals surface area contributed by atoms with Crippen LogP contribution in [0.2, 0.25) is 0 Å². The highest BCUT2D eigenvalue weighted by atomic mass is 32.2. The van der Waals surface area contributed by atoms with Gasteiger partial charge in [-0.15, -0.1) is 11.8 Å². The van der Waals surface area contributed by atoms with Crippen molar-refractivity contribution in [3.05, 3.63) is 66.0 Å². The lowest BCUT2D eigenvalue weighted by molar-refractivity contribution is 0.624. The Hall–Kier alpha value is -1.81. The van der Waals surface area contributed by atoms with Crippen LogP contribution in [0.1, 0.15) is 17.2 Å². The van der Waals surface area contributed by atoms with Gasteiger partial charge in [0.2, 0.25) is 0 Å². The second-order valence-corrected chi connectivity index (χ2v) is 5.48. The van der Waals surface area contributed by atoms with Crippen LogP contribution in [0.25, 0.3) is 0 Å². The summed E-state index contributed by atoms with van der Waals surface area (Å²) in [6, 6.07) is 16.3. The average Bonchev–Trinajstić information content (AvgIpc) is 2.38. The summed E-state index contributed by atoms with van der Waals surface area (Å²) in [6.07, 6.45) is 0.450. The fourth-order valence-corrected chi connectivity index (χ4v) is 3.02. The van der Waals surface area contributed by atoms with E-state index in [1.807, 2.05) is 36.4 Å². The Bertz CT molecular complexity index is 557. The van der Waals surface area contributed by atoms with Crippen LogP contribution >= 0.6 is 11.8 Å². The van der Waals surface area contributed by atoms with Gasteiger partial charge < -0.3 is 5.73 Å². The van der Waals surface area contributed by atoms with E-state index in [0.29, 0.717) is 6.42 Å². The summed E-state index contributed by atoms with van der Waals surface area (Å²) in [5.41, 5.74) is 6.60. The predicted molar refractivity (Wildman–Crippen MR) is 78.0 cm³/mol. The van der Waals surface area contributed by atoms with Gasteiger partial charge in [-0.1, -0.05) is 36.4 Å².